The quantitative estimate of drug-likeness (QED) is 0.169. The molecule has 0 aliphatic heterocycles. The van der Waals surface area contributed by atoms with Gasteiger partial charge in [0.2, 0.25) is 0 Å². The minimum Gasteiger partial charge on any atom is -0.455 e. The topological polar surface area (TPSA) is 13.1 Å². The SMILES string of the molecule is [2H]c1c([2H])c([2H])c2c(-c3c4ccccc4c(-c4ccccc4)c4ccccc34)c([2H])c([2H])c(-c3ccc4c(c3)oc3c(-c5ccc6ccccc6c5)cccc34)c2c1[2H]. The van der Waals surface area contributed by atoms with Gasteiger partial charge in [0.1, 0.15) is 11.2 Å². The molecule has 0 radical (unpaired) electrons. The van der Waals surface area contributed by atoms with E-state index in [4.69, 9.17) is 7.16 Å². The minimum atomic E-state index is -0.397. The van der Waals surface area contributed by atoms with E-state index in [-0.39, 0.29) is 40.5 Å². The molecule has 0 bridgehead atoms. The summed E-state index contributed by atoms with van der Waals surface area (Å²) in [4.78, 5) is 0. The highest BCUT2D eigenvalue weighted by Crippen LogP contribution is 2.47. The maximum absolute atomic E-state index is 9.83. The van der Waals surface area contributed by atoms with Gasteiger partial charge in [-0.15, -0.1) is 0 Å². The van der Waals surface area contributed by atoms with Gasteiger partial charge in [0, 0.05) is 16.3 Å². The molecule has 1 aromatic heterocycles. The van der Waals surface area contributed by atoms with E-state index in [1.54, 1.807) is 0 Å². The third-order valence-electron chi connectivity index (χ3n) is 10.6. The Hall–Kier alpha value is -6.96. The summed E-state index contributed by atoms with van der Waals surface area (Å²) in [6, 6.07) is 50.9. The summed E-state index contributed by atoms with van der Waals surface area (Å²) in [5.41, 5.74) is 7.07. The molecule has 11 aromatic rings. The fourth-order valence-corrected chi connectivity index (χ4v) is 8.19. The first-order valence-corrected chi connectivity index (χ1v) is 17.8. The molecule has 0 fully saturated rings. The average Bonchev–Trinajstić information content (AvgIpc) is 3.66. The molecule has 10 aromatic carbocycles. The molecule has 0 aliphatic carbocycles. The first-order chi connectivity index (χ1) is 28.8. The average molecular weight is 679 g/mol. The van der Waals surface area contributed by atoms with Crippen molar-refractivity contribution in [1.82, 2.24) is 0 Å². The van der Waals surface area contributed by atoms with Crippen LogP contribution in [0.3, 0.4) is 0 Å². The molecule has 0 amide bonds. The lowest BCUT2D eigenvalue weighted by molar-refractivity contribution is 0.670. The van der Waals surface area contributed by atoms with Crippen LogP contribution < -0.4 is 0 Å². The highest BCUT2D eigenvalue weighted by Gasteiger charge is 2.20. The van der Waals surface area contributed by atoms with E-state index in [1.165, 1.54) is 0 Å². The zero-order valence-corrected chi connectivity index (χ0v) is 28.4. The summed E-state index contributed by atoms with van der Waals surface area (Å²) < 4.78 is 62.8. The highest BCUT2D eigenvalue weighted by molar-refractivity contribution is 6.24. The van der Waals surface area contributed by atoms with E-state index in [0.29, 0.717) is 22.3 Å². The van der Waals surface area contributed by atoms with E-state index in [1.807, 2.05) is 103 Å². The van der Waals surface area contributed by atoms with Crippen molar-refractivity contribution in [2.75, 3.05) is 0 Å². The smallest absolute Gasteiger partial charge is 0.143 e. The van der Waals surface area contributed by atoms with Gasteiger partial charge in [-0.3, -0.25) is 0 Å². The molecule has 0 N–H and O–H groups in total. The van der Waals surface area contributed by atoms with E-state index >= 15 is 0 Å². The Morgan fingerprint density at radius 1 is 0.340 bits per heavy atom. The van der Waals surface area contributed by atoms with Crippen LogP contribution in [0.4, 0.5) is 0 Å². The van der Waals surface area contributed by atoms with Crippen LogP contribution in [0, 0.1) is 0 Å². The lowest BCUT2D eigenvalue weighted by Gasteiger charge is -2.19. The number of hydrogen-bond donors (Lipinski definition) is 0. The number of para-hydroxylation sites is 1. The zero-order valence-electron chi connectivity index (χ0n) is 34.4. The van der Waals surface area contributed by atoms with Crippen LogP contribution in [0.5, 0.6) is 0 Å². The molecule has 246 valence electrons. The summed E-state index contributed by atoms with van der Waals surface area (Å²) >= 11 is 0. The standard InChI is InChI=1S/C52H32O/c1-2-14-34(15-3-1)50-43-19-8-10-21-45(43)51(46-22-11-9-20-44(46)50)47-30-29-38(40-17-6-7-18-41(40)47)37-27-28-42-48-24-12-23-39(52(48)53-49(42)32-37)36-26-25-33-13-4-5-16-35(33)31-36/h1-32H/i6D,7D,17D,18D,29D,30D. The number of fused-ring (bicyclic) bond motifs is 7. The fourth-order valence-electron chi connectivity index (χ4n) is 8.19. The third-order valence-corrected chi connectivity index (χ3v) is 10.6. The predicted molar refractivity (Wildman–Crippen MR) is 225 cm³/mol. The van der Waals surface area contributed by atoms with Crippen molar-refractivity contribution in [2.24, 2.45) is 0 Å². The summed E-state index contributed by atoms with van der Waals surface area (Å²) in [7, 11) is 0. The second-order valence-corrected chi connectivity index (χ2v) is 13.5. The van der Waals surface area contributed by atoms with Gasteiger partial charge >= 0.3 is 0 Å². The van der Waals surface area contributed by atoms with E-state index < -0.39 is 12.1 Å². The first-order valence-electron chi connectivity index (χ1n) is 20.8. The minimum absolute atomic E-state index is 0.122. The molecule has 1 heteroatoms. The number of hydrogen-bond acceptors (Lipinski definition) is 1. The van der Waals surface area contributed by atoms with Crippen molar-refractivity contribution in [3.63, 3.8) is 0 Å². The third kappa shape index (κ3) is 4.64. The van der Waals surface area contributed by atoms with Gasteiger partial charge in [-0.05, 0) is 100 Å². The van der Waals surface area contributed by atoms with Gasteiger partial charge in [0.05, 0.1) is 8.22 Å². The molecule has 11 rings (SSSR count). The number of benzene rings is 10. The molecular formula is C52H32O. The van der Waals surface area contributed by atoms with Gasteiger partial charge in [-0.1, -0.05) is 176 Å². The largest absolute Gasteiger partial charge is 0.455 e. The Morgan fingerprint density at radius 3 is 1.68 bits per heavy atom. The summed E-state index contributed by atoms with van der Waals surface area (Å²) in [6.45, 7) is 0. The van der Waals surface area contributed by atoms with Crippen molar-refractivity contribution in [2.45, 2.75) is 0 Å². The first kappa shape index (κ1) is 24.3. The van der Waals surface area contributed by atoms with Crippen molar-refractivity contribution in [1.29, 1.82) is 0 Å². The summed E-state index contributed by atoms with van der Waals surface area (Å²) in [5.74, 6) is 0. The van der Waals surface area contributed by atoms with Crippen molar-refractivity contribution >= 4 is 65.0 Å². The van der Waals surface area contributed by atoms with Crippen molar-refractivity contribution < 1.29 is 12.6 Å². The van der Waals surface area contributed by atoms with Crippen LogP contribution in [-0.4, -0.2) is 0 Å². The Balaban J connectivity index is 1.20. The van der Waals surface area contributed by atoms with Gasteiger partial charge < -0.3 is 4.42 Å². The van der Waals surface area contributed by atoms with Crippen molar-refractivity contribution in [3.05, 3.63) is 194 Å². The van der Waals surface area contributed by atoms with Crippen LogP contribution in [-0.2, 0) is 0 Å². The van der Waals surface area contributed by atoms with E-state index in [0.717, 1.165) is 70.9 Å². The van der Waals surface area contributed by atoms with Gasteiger partial charge in [0.15, 0.2) is 0 Å². The van der Waals surface area contributed by atoms with Crippen LogP contribution in [0.2, 0.25) is 0 Å². The normalized spacial score (nSPS) is 13.4. The molecule has 53 heavy (non-hydrogen) atoms. The van der Waals surface area contributed by atoms with Crippen LogP contribution in [0.25, 0.3) is 110 Å². The molecule has 0 spiro atoms. The molecule has 1 heterocycles. The fraction of sp³-hybridized carbons (Fsp3) is 0. The molecule has 0 aliphatic rings. The Bertz CT molecular complexity index is 3510. The zero-order chi connectivity index (χ0) is 40.1. The van der Waals surface area contributed by atoms with Crippen LogP contribution >= 0.6 is 0 Å². The monoisotopic (exact) mass is 678 g/mol. The Labute approximate surface area is 315 Å². The Morgan fingerprint density at radius 2 is 0.925 bits per heavy atom. The van der Waals surface area contributed by atoms with Crippen LogP contribution in [0.15, 0.2) is 198 Å². The number of rotatable bonds is 4. The summed E-state index contributed by atoms with van der Waals surface area (Å²) in [6.07, 6.45) is 0. The van der Waals surface area contributed by atoms with Gasteiger partial charge in [-0.2, -0.15) is 0 Å². The Kier molecular flexibility index (Phi) is 5.40. The number of furan rings is 1. The lowest BCUT2D eigenvalue weighted by atomic mass is 9.84. The maximum Gasteiger partial charge on any atom is 0.143 e. The molecule has 0 saturated carbocycles. The van der Waals surface area contributed by atoms with Gasteiger partial charge in [0.25, 0.3) is 0 Å². The predicted octanol–water partition coefficient (Wildman–Crippen LogP) is 14.9. The summed E-state index contributed by atoms with van der Waals surface area (Å²) in [5, 5.41) is 8.02. The van der Waals surface area contributed by atoms with E-state index in [2.05, 4.69) is 54.6 Å². The second kappa shape index (κ2) is 11.8. The maximum atomic E-state index is 9.83. The van der Waals surface area contributed by atoms with E-state index in [9.17, 15) is 5.48 Å². The molecule has 0 unspecified atom stereocenters. The molecule has 0 saturated heterocycles. The van der Waals surface area contributed by atoms with Crippen LogP contribution in [0.1, 0.15) is 8.22 Å². The second-order valence-electron chi connectivity index (χ2n) is 13.5. The molecule has 1 nitrogen and oxygen atoms in total. The lowest BCUT2D eigenvalue weighted by Crippen LogP contribution is -1.92. The molecule has 0 atom stereocenters. The van der Waals surface area contributed by atoms with Crippen molar-refractivity contribution in [3.8, 4) is 44.5 Å². The molecular weight excluding hydrogens is 641 g/mol. The highest BCUT2D eigenvalue weighted by atomic mass is 16.3. The van der Waals surface area contributed by atoms with Gasteiger partial charge in [-0.25, -0.2) is 0 Å².